The maximum atomic E-state index is 15.4. The highest BCUT2D eigenvalue weighted by Crippen LogP contribution is 2.29. The summed E-state index contributed by atoms with van der Waals surface area (Å²) in [5.74, 6) is -0.635. The van der Waals surface area contributed by atoms with Gasteiger partial charge in [0.15, 0.2) is 0 Å². The van der Waals surface area contributed by atoms with Crippen molar-refractivity contribution in [1.29, 1.82) is 0 Å². The van der Waals surface area contributed by atoms with Gasteiger partial charge in [-0.3, -0.25) is 19.8 Å². The van der Waals surface area contributed by atoms with Crippen molar-refractivity contribution in [2.75, 3.05) is 65.4 Å². The Hall–Kier alpha value is -1.48. The molecule has 2 amide bonds. The molecule has 6 heterocycles. The molecule has 0 aromatic carbocycles. The van der Waals surface area contributed by atoms with Crippen LogP contribution < -0.4 is 27.1 Å². The van der Waals surface area contributed by atoms with Crippen molar-refractivity contribution in [3.63, 3.8) is 0 Å². The van der Waals surface area contributed by atoms with Crippen molar-refractivity contribution in [2.45, 2.75) is 87.7 Å². The number of nitrogens with two attached hydrogens (primary N) is 1. The number of rotatable bonds is 5. The summed E-state index contributed by atoms with van der Waals surface area (Å²) in [6.07, 6.45) is 4.25. The van der Waals surface area contributed by atoms with Gasteiger partial charge < -0.3 is 26.2 Å². The summed E-state index contributed by atoms with van der Waals surface area (Å²) in [4.78, 5) is 33.7. The van der Waals surface area contributed by atoms with Gasteiger partial charge in [-0.15, -0.1) is 0 Å². The number of fused-ring (bicyclic) bond motifs is 1. The van der Waals surface area contributed by atoms with E-state index in [1.54, 1.807) is 5.01 Å². The monoisotopic (exact) mass is 581 g/mol. The van der Waals surface area contributed by atoms with Crippen LogP contribution in [0.1, 0.15) is 44.9 Å². The van der Waals surface area contributed by atoms with Crippen LogP contribution in [-0.4, -0.2) is 140 Å². The molecular weight excluding hydrogens is 532 g/mol. The van der Waals surface area contributed by atoms with Gasteiger partial charge in [0.2, 0.25) is 11.8 Å². The molecule has 0 aromatic heterocycles. The summed E-state index contributed by atoms with van der Waals surface area (Å²) in [7, 11) is 0. The number of nitrogens with one attached hydrogen (secondary N) is 4. The van der Waals surface area contributed by atoms with E-state index in [4.69, 9.17) is 5.73 Å². The van der Waals surface area contributed by atoms with E-state index in [1.165, 1.54) is 32.4 Å². The van der Waals surface area contributed by atoms with E-state index in [-0.39, 0.29) is 37.4 Å². The number of hydrogen-bond acceptors (Lipinski definition) is 9. The second kappa shape index (κ2) is 13.0. The summed E-state index contributed by atoms with van der Waals surface area (Å²) in [6.45, 7) is 6.39. The molecule has 0 spiro atoms. The lowest BCUT2D eigenvalue weighted by Crippen LogP contribution is -2.67. The molecule has 232 valence electrons. The molecule has 0 aliphatic carbocycles. The number of likely N-dealkylation sites (tertiary alicyclic amines) is 3. The van der Waals surface area contributed by atoms with E-state index in [0.29, 0.717) is 38.5 Å². The van der Waals surface area contributed by atoms with Crippen molar-refractivity contribution in [1.82, 2.24) is 41.1 Å². The lowest BCUT2D eigenvalue weighted by Gasteiger charge is -2.46. The zero-order valence-corrected chi connectivity index (χ0v) is 24.2. The van der Waals surface area contributed by atoms with Crippen LogP contribution in [0.2, 0.25) is 0 Å². The third-order valence-electron chi connectivity index (χ3n) is 10.4. The highest BCUT2D eigenvalue weighted by atomic mass is 19.1. The quantitative estimate of drug-likeness (QED) is 0.277. The van der Waals surface area contributed by atoms with Gasteiger partial charge in [-0.2, -0.15) is 0 Å². The molecule has 41 heavy (non-hydrogen) atoms. The Morgan fingerprint density at radius 1 is 0.854 bits per heavy atom. The van der Waals surface area contributed by atoms with Gasteiger partial charge in [0.25, 0.3) is 0 Å². The Morgan fingerprint density at radius 2 is 1.59 bits per heavy atom. The van der Waals surface area contributed by atoms with Gasteiger partial charge in [0.1, 0.15) is 12.3 Å². The summed E-state index contributed by atoms with van der Waals surface area (Å²) < 4.78 is 29.3. The molecule has 6 fully saturated rings. The lowest BCUT2D eigenvalue weighted by atomic mass is 9.89. The van der Waals surface area contributed by atoms with Gasteiger partial charge in [-0.25, -0.2) is 19.2 Å². The Balaban J connectivity index is 1.01. The van der Waals surface area contributed by atoms with Crippen LogP contribution in [0.5, 0.6) is 0 Å². The topological polar surface area (TPSA) is 121 Å². The van der Waals surface area contributed by atoms with E-state index in [0.717, 1.165) is 25.9 Å². The van der Waals surface area contributed by atoms with Crippen LogP contribution in [0.15, 0.2) is 0 Å². The number of alkyl halides is 2. The first-order chi connectivity index (χ1) is 19.9. The molecular formula is C28H49F2N9O2. The SMILES string of the molecule is NC1NN2CC(F)CNC2C1C(=O)NC1CNCC(F)C1N1CCC(C(=O)N2CCC(N3CCCCC3)CC2)CC1. The first-order valence-corrected chi connectivity index (χ1v) is 16.0. The van der Waals surface area contributed by atoms with Crippen molar-refractivity contribution in [3.05, 3.63) is 0 Å². The number of nitrogens with zero attached hydrogens (tertiary/aromatic N) is 4. The summed E-state index contributed by atoms with van der Waals surface area (Å²) in [6, 6.07) is -0.277. The van der Waals surface area contributed by atoms with Crippen LogP contribution in [0.3, 0.4) is 0 Å². The van der Waals surface area contributed by atoms with E-state index >= 15 is 4.39 Å². The molecule has 0 bridgehead atoms. The number of amides is 2. The average Bonchev–Trinajstić information content (AvgIpc) is 3.32. The second-order valence-corrected chi connectivity index (χ2v) is 13.0. The molecule has 6 aliphatic rings. The smallest absolute Gasteiger partial charge is 0.229 e. The number of piperidine rings is 4. The second-order valence-electron chi connectivity index (χ2n) is 13.0. The number of carbonyl (C=O) groups is 2. The first kappa shape index (κ1) is 29.6. The Bertz CT molecular complexity index is 911. The maximum Gasteiger partial charge on any atom is 0.229 e. The van der Waals surface area contributed by atoms with Crippen molar-refractivity contribution in [3.8, 4) is 0 Å². The highest BCUT2D eigenvalue weighted by molar-refractivity contribution is 5.81. The minimum atomic E-state index is -1.14. The third-order valence-corrected chi connectivity index (χ3v) is 10.4. The predicted octanol–water partition coefficient (Wildman–Crippen LogP) is -1.04. The Kier molecular flexibility index (Phi) is 9.40. The summed E-state index contributed by atoms with van der Waals surface area (Å²) in [5.41, 5.74) is 9.24. The minimum absolute atomic E-state index is 0.0177. The standard InChI is InChI=1S/C28H49F2N9O2/c29-19-14-33-26-23(25(31)35-39(26)17-19)27(40)34-22-16-32-15-21(30)24(22)37-10-4-18(5-11-37)28(41)38-12-6-20(7-13-38)36-8-2-1-3-9-36/h18-26,32-33,35H,1-17,31H2,(H,34,40). The molecule has 0 radical (unpaired) electrons. The molecule has 6 aliphatic heterocycles. The molecule has 6 rings (SSSR count). The fraction of sp³-hybridized carbons (Fsp3) is 0.929. The minimum Gasteiger partial charge on any atom is -0.350 e. The van der Waals surface area contributed by atoms with Crippen LogP contribution in [0.25, 0.3) is 0 Å². The Labute approximate surface area is 242 Å². The van der Waals surface area contributed by atoms with Gasteiger partial charge in [0.05, 0.1) is 30.3 Å². The highest BCUT2D eigenvalue weighted by Gasteiger charge is 2.49. The summed E-state index contributed by atoms with van der Waals surface area (Å²) in [5, 5.41) is 11.0. The van der Waals surface area contributed by atoms with Crippen molar-refractivity contribution < 1.29 is 18.4 Å². The molecule has 11 nitrogen and oxygen atoms in total. The largest absolute Gasteiger partial charge is 0.350 e. The number of hydrogen-bond donors (Lipinski definition) is 5. The number of hydrazine groups is 1. The van der Waals surface area contributed by atoms with E-state index < -0.39 is 42.7 Å². The fourth-order valence-electron chi connectivity index (χ4n) is 8.19. The van der Waals surface area contributed by atoms with Crippen molar-refractivity contribution >= 4 is 11.8 Å². The number of carbonyl (C=O) groups excluding carboxylic acids is 2. The van der Waals surface area contributed by atoms with Gasteiger partial charge in [-0.05, 0) is 64.7 Å². The molecule has 0 saturated carbocycles. The van der Waals surface area contributed by atoms with Gasteiger partial charge >= 0.3 is 0 Å². The van der Waals surface area contributed by atoms with E-state index in [1.807, 2.05) is 0 Å². The molecule has 13 heteroatoms. The normalized spacial score (nSPS) is 39.0. The maximum absolute atomic E-state index is 15.4. The molecule has 7 atom stereocenters. The fourth-order valence-corrected chi connectivity index (χ4v) is 8.19. The summed E-state index contributed by atoms with van der Waals surface area (Å²) >= 11 is 0. The number of halogens is 2. The van der Waals surface area contributed by atoms with Crippen LogP contribution >= 0.6 is 0 Å². The molecule has 6 N–H and O–H groups in total. The van der Waals surface area contributed by atoms with Crippen LogP contribution in [0, 0.1) is 11.8 Å². The van der Waals surface area contributed by atoms with Crippen LogP contribution in [0.4, 0.5) is 8.78 Å². The van der Waals surface area contributed by atoms with Crippen molar-refractivity contribution in [2.24, 2.45) is 17.6 Å². The lowest BCUT2D eigenvalue weighted by molar-refractivity contribution is -0.139. The van der Waals surface area contributed by atoms with E-state index in [2.05, 4.69) is 36.1 Å². The molecule has 6 saturated heterocycles. The van der Waals surface area contributed by atoms with Gasteiger partial charge in [0, 0.05) is 51.2 Å². The molecule has 0 aromatic rings. The first-order valence-electron chi connectivity index (χ1n) is 16.0. The molecule has 7 unspecified atom stereocenters. The van der Waals surface area contributed by atoms with E-state index in [9.17, 15) is 14.0 Å². The van der Waals surface area contributed by atoms with Crippen LogP contribution in [-0.2, 0) is 9.59 Å². The predicted molar refractivity (Wildman–Crippen MR) is 151 cm³/mol. The average molecular weight is 582 g/mol. The third kappa shape index (κ3) is 6.41. The van der Waals surface area contributed by atoms with Gasteiger partial charge in [-0.1, -0.05) is 6.42 Å². The zero-order chi connectivity index (χ0) is 28.5. The zero-order valence-electron chi connectivity index (χ0n) is 24.2. The Morgan fingerprint density at radius 3 is 2.32 bits per heavy atom.